The number of hydrogen-bond acceptors (Lipinski definition) is 5. The van der Waals surface area contributed by atoms with Crippen molar-refractivity contribution < 1.29 is 9.90 Å². The number of aromatic nitrogens is 2. The summed E-state index contributed by atoms with van der Waals surface area (Å²) in [5, 5.41) is 17.3. The predicted molar refractivity (Wildman–Crippen MR) is 92.5 cm³/mol. The third-order valence-corrected chi connectivity index (χ3v) is 4.61. The summed E-state index contributed by atoms with van der Waals surface area (Å²) in [5.41, 5.74) is 1.25. The van der Waals surface area contributed by atoms with Crippen molar-refractivity contribution in [2.24, 2.45) is 0 Å². The lowest BCUT2D eigenvalue weighted by Gasteiger charge is -2.29. The molecule has 3 N–H and O–H groups in total. The molecule has 1 heterocycles. The van der Waals surface area contributed by atoms with Gasteiger partial charge in [-0.3, -0.25) is 10.1 Å². The quantitative estimate of drug-likeness (QED) is 0.731. The van der Waals surface area contributed by atoms with Crippen molar-refractivity contribution in [3.05, 3.63) is 36.3 Å². The van der Waals surface area contributed by atoms with Crippen molar-refractivity contribution in [3.63, 3.8) is 0 Å². The second-order valence-electron chi connectivity index (χ2n) is 6.50. The monoisotopic (exact) mass is 328 g/mol. The Labute approximate surface area is 141 Å². The molecule has 2 aromatic rings. The van der Waals surface area contributed by atoms with Crippen LogP contribution in [0.3, 0.4) is 0 Å². The molecule has 2 atom stereocenters. The molecule has 0 aliphatic heterocycles. The molecule has 6 heteroatoms. The second-order valence-corrected chi connectivity index (χ2v) is 6.50. The molecular weight excluding hydrogens is 304 g/mol. The minimum atomic E-state index is -0.750. The summed E-state index contributed by atoms with van der Waals surface area (Å²) in [6.07, 6.45) is 8.26. The van der Waals surface area contributed by atoms with E-state index in [4.69, 9.17) is 0 Å². The molecule has 1 saturated carbocycles. The van der Waals surface area contributed by atoms with Crippen LogP contribution in [-0.2, 0) is 0 Å². The van der Waals surface area contributed by atoms with Crippen LogP contribution in [0.2, 0.25) is 0 Å². The number of nitrogens with one attached hydrogen (secondary N) is 2. The molecule has 1 aliphatic rings. The molecule has 1 amide bonds. The molecule has 0 saturated heterocycles. The molecule has 0 bridgehead atoms. The topological polar surface area (TPSA) is 87.1 Å². The lowest BCUT2D eigenvalue weighted by Crippen LogP contribution is -2.51. The Hall–Kier alpha value is -2.05. The van der Waals surface area contributed by atoms with Gasteiger partial charge >= 0.3 is 0 Å². The Morgan fingerprint density at radius 1 is 1.29 bits per heavy atom. The molecule has 0 radical (unpaired) electrons. The van der Waals surface area contributed by atoms with Crippen LogP contribution in [0.5, 0.6) is 0 Å². The summed E-state index contributed by atoms with van der Waals surface area (Å²) in [6, 6.07) is 5.27. The number of amides is 1. The van der Waals surface area contributed by atoms with Crippen LogP contribution in [-0.4, -0.2) is 39.3 Å². The molecule has 128 valence electrons. The highest BCUT2D eigenvalue weighted by Crippen LogP contribution is 2.18. The van der Waals surface area contributed by atoms with Gasteiger partial charge in [-0.05, 0) is 31.9 Å². The average Bonchev–Trinajstić information content (AvgIpc) is 2.62. The molecule has 1 aromatic heterocycles. The van der Waals surface area contributed by atoms with Crippen LogP contribution in [0.15, 0.2) is 30.7 Å². The Bertz CT molecular complexity index is 700. The van der Waals surface area contributed by atoms with Gasteiger partial charge in [0.15, 0.2) is 0 Å². The van der Waals surface area contributed by atoms with E-state index in [2.05, 4.69) is 20.6 Å². The lowest BCUT2D eigenvalue weighted by molar-refractivity contribution is 0.0682. The first-order valence-corrected chi connectivity index (χ1v) is 8.58. The third kappa shape index (κ3) is 4.07. The number of carbonyl (C=O) groups is 1. The number of hydrogen-bond donors (Lipinski definition) is 3. The van der Waals surface area contributed by atoms with Crippen LogP contribution >= 0.6 is 0 Å². The molecule has 24 heavy (non-hydrogen) atoms. The molecule has 1 unspecified atom stereocenters. The van der Waals surface area contributed by atoms with Crippen molar-refractivity contribution >= 4 is 16.8 Å². The van der Waals surface area contributed by atoms with Gasteiger partial charge in [0.1, 0.15) is 12.6 Å². The van der Waals surface area contributed by atoms with Crippen LogP contribution in [0.25, 0.3) is 10.9 Å². The van der Waals surface area contributed by atoms with Gasteiger partial charge in [-0.15, -0.1) is 0 Å². The molecule has 0 spiro atoms. The maximum Gasteiger partial charge on any atom is 0.251 e. The average molecular weight is 328 g/mol. The second kappa shape index (κ2) is 7.68. The van der Waals surface area contributed by atoms with Crippen molar-refractivity contribution in [2.75, 3.05) is 0 Å². The maximum absolute atomic E-state index is 12.4. The van der Waals surface area contributed by atoms with Gasteiger partial charge in [-0.2, -0.15) is 0 Å². The summed E-state index contributed by atoms with van der Waals surface area (Å²) in [7, 11) is 0. The number of rotatable bonds is 5. The number of carbonyl (C=O) groups excluding carboxylic acids is 1. The SMILES string of the molecule is C[C@H](NC(=O)c1ccc2cncnc2c1)C(O)NC1CCCCC1. The van der Waals surface area contributed by atoms with Crippen LogP contribution in [0, 0.1) is 0 Å². The Morgan fingerprint density at radius 2 is 2.08 bits per heavy atom. The zero-order valence-electron chi connectivity index (χ0n) is 13.9. The number of nitrogens with zero attached hydrogens (tertiary/aromatic N) is 2. The standard InChI is InChI=1S/C18H24N4O2/c1-12(17(23)22-15-5-3-2-4-6-15)21-18(24)13-7-8-14-10-19-11-20-16(14)9-13/h7-12,15,17,22-23H,2-6H2,1H3,(H,21,24)/t12-,17?/m0/s1. The molecule has 1 aromatic carbocycles. The van der Waals surface area contributed by atoms with Gasteiger partial charge in [0, 0.05) is 23.2 Å². The summed E-state index contributed by atoms with van der Waals surface area (Å²) >= 11 is 0. The highest BCUT2D eigenvalue weighted by Gasteiger charge is 2.22. The minimum absolute atomic E-state index is 0.215. The van der Waals surface area contributed by atoms with Crippen LogP contribution in [0.4, 0.5) is 0 Å². The van der Waals surface area contributed by atoms with E-state index in [1.807, 2.05) is 13.0 Å². The zero-order chi connectivity index (χ0) is 16.9. The Balaban J connectivity index is 1.59. The summed E-state index contributed by atoms with van der Waals surface area (Å²) in [6.45, 7) is 1.81. The van der Waals surface area contributed by atoms with Gasteiger partial charge < -0.3 is 10.4 Å². The van der Waals surface area contributed by atoms with Gasteiger partial charge in [0.25, 0.3) is 5.91 Å². The van der Waals surface area contributed by atoms with Crippen molar-refractivity contribution in [1.29, 1.82) is 0 Å². The van der Waals surface area contributed by atoms with Gasteiger partial charge in [-0.25, -0.2) is 9.97 Å². The fraction of sp³-hybridized carbons (Fsp3) is 0.500. The van der Waals surface area contributed by atoms with E-state index in [0.29, 0.717) is 11.6 Å². The number of benzene rings is 1. The van der Waals surface area contributed by atoms with E-state index < -0.39 is 6.23 Å². The van der Waals surface area contributed by atoms with Crippen LogP contribution in [0.1, 0.15) is 49.4 Å². The van der Waals surface area contributed by atoms with E-state index >= 15 is 0 Å². The van der Waals surface area contributed by atoms with Crippen molar-refractivity contribution in [2.45, 2.75) is 57.3 Å². The first-order chi connectivity index (χ1) is 11.6. The first kappa shape index (κ1) is 16.8. The largest absolute Gasteiger partial charge is 0.376 e. The van der Waals surface area contributed by atoms with Gasteiger partial charge in [-0.1, -0.05) is 25.3 Å². The third-order valence-electron chi connectivity index (χ3n) is 4.61. The Morgan fingerprint density at radius 3 is 2.88 bits per heavy atom. The van der Waals surface area contributed by atoms with Gasteiger partial charge in [0.05, 0.1) is 11.6 Å². The van der Waals surface area contributed by atoms with E-state index in [-0.39, 0.29) is 11.9 Å². The van der Waals surface area contributed by atoms with E-state index in [0.717, 1.165) is 23.7 Å². The molecule has 6 nitrogen and oxygen atoms in total. The van der Waals surface area contributed by atoms with E-state index in [9.17, 15) is 9.90 Å². The van der Waals surface area contributed by atoms with Crippen molar-refractivity contribution in [1.82, 2.24) is 20.6 Å². The highest BCUT2D eigenvalue weighted by atomic mass is 16.3. The first-order valence-electron chi connectivity index (χ1n) is 8.58. The molecule has 1 aliphatic carbocycles. The fourth-order valence-electron chi connectivity index (χ4n) is 3.14. The summed E-state index contributed by atoms with van der Waals surface area (Å²) in [5.74, 6) is -0.215. The normalized spacial score (nSPS) is 18.2. The summed E-state index contributed by atoms with van der Waals surface area (Å²) in [4.78, 5) is 20.5. The Kier molecular flexibility index (Phi) is 5.37. The zero-order valence-corrected chi connectivity index (χ0v) is 13.9. The number of aliphatic hydroxyl groups is 1. The lowest BCUT2D eigenvalue weighted by atomic mass is 9.95. The van der Waals surface area contributed by atoms with Gasteiger partial charge in [0.2, 0.25) is 0 Å². The van der Waals surface area contributed by atoms with E-state index in [1.165, 1.54) is 25.6 Å². The molecule has 1 fully saturated rings. The molecule has 3 rings (SSSR count). The van der Waals surface area contributed by atoms with Crippen LogP contribution < -0.4 is 10.6 Å². The smallest absolute Gasteiger partial charge is 0.251 e. The minimum Gasteiger partial charge on any atom is -0.376 e. The summed E-state index contributed by atoms with van der Waals surface area (Å²) < 4.78 is 0. The van der Waals surface area contributed by atoms with E-state index in [1.54, 1.807) is 18.3 Å². The molecular formula is C18H24N4O2. The number of aliphatic hydroxyl groups excluding tert-OH is 1. The highest BCUT2D eigenvalue weighted by molar-refractivity contribution is 5.97. The van der Waals surface area contributed by atoms with Crippen molar-refractivity contribution in [3.8, 4) is 0 Å². The predicted octanol–water partition coefficient (Wildman–Crippen LogP) is 1.99. The maximum atomic E-state index is 12.4. The number of fused-ring (bicyclic) bond motifs is 1. The fourth-order valence-corrected chi connectivity index (χ4v) is 3.14.